The monoisotopic (exact) mass is 309 g/mol. The molecule has 0 aliphatic heterocycles. The number of rotatable bonds is 9. The Kier molecular flexibility index (Phi) is 9.74. The van der Waals surface area contributed by atoms with E-state index >= 15 is 0 Å². The summed E-state index contributed by atoms with van der Waals surface area (Å²) in [5.74, 6) is 2.08. The average Bonchev–Trinajstić information content (AvgIpc) is 2.52. The van der Waals surface area contributed by atoms with Gasteiger partial charge in [-0.05, 0) is 36.0 Å². The smallest absolute Gasteiger partial charge is 0.191 e. The minimum Gasteiger partial charge on any atom is -0.380 e. The number of ether oxygens (including phenoxy) is 1. The highest BCUT2D eigenvalue weighted by molar-refractivity contribution is 7.98. The molecule has 0 atom stereocenters. The van der Waals surface area contributed by atoms with Crippen LogP contribution in [0, 0.1) is 0 Å². The van der Waals surface area contributed by atoms with E-state index in [2.05, 4.69) is 46.1 Å². The van der Waals surface area contributed by atoms with Gasteiger partial charge in [-0.25, -0.2) is 0 Å². The van der Waals surface area contributed by atoms with Gasteiger partial charge in [0.1, 0.15) is 0 Å². The van der Waals surface area contributed by atoms with Gasteiger partial charge in [0.15, 0.2) is 5.96 Å². The second-order valence-corrected chi connectivity index (χ2v) is 5.79. The molecule has 0 saturated carbocycles. The van der Waals surface area contributed by atoms with E-state index in [-0.39, 0.29) is 0 Å². The zero-order chi connectivity index (χ0) is 15.3. The number of nitrogens with one attached hydrogen (secondary N) is 2. The van der Waals surface area contributed by atoms with Crippen LogP contribution >= 0.6 is 11.8 Å². The quantitative estimate of drug-likeness (QED) is 0.418. The van der Waals surface area contributed by atoms with Crippen molar-refractivity contribution in [3.63, 3.8) is 0 Å². The first-order chi connectivity index (χ1) is 10.3. The maximum atomic E-state index is 5.11. The maximum absolute atomic E-state index is 5.11. The number of methoxy groups -OCH3 is 1. The molecule has 5 heteroatoms. The summed E-state index contributed by atoms with van der Waals surface area (Å²) in [5, 5.41) is 6.67. The summed E-state index contributed by atoms with van der Waals surface area (Å²) < 4.78 is 5.11. The van der Waals surface area contributed by atoms with Gasteiger partial charge in [-0.1, -0.05) is 24.3 Å². The van der Waals surface area contributed by atoms with Gasteiger partial charge in [-0.15, -0.1) is 0 Å². The van der Waals surface area contributed by atoms with Crippen molar-refractivity contribution in [3.05, 3.63) is 35.4 Å². The molecule has 21 heavy (non-hydrogen) atoms. The Morgan fingerprint density at radius 1 is 1.14 bits per heavy atom. The van der Waals surface area contributed by atoms with Crippen molar-refractivity contribution < 1.29 is 4.74 Å². The number of unbranched alkanes of at least 4 members (excludes halogenated alkanes) is 1. The molecule has 0 bridgehead atoms. The second-order valence-electron chi connectivity index (χ2n) is 4.80. The van der Waals surface area contributed by atoms with Crippen molar-refractivity contribution in [1.29, 1.82) is 0 Å². The SMILES string of the molecule is CN=C(NCCCCSC)NCc1ccc(COC)cc1. The van der Waals surface area contributed by atoms with Crippen molar-refractivity contribution >= 4 is 17.7 Å². The van der Waals surface area contributed by atoms with Crippen molar-refractivity contribution in [2.24, 2.45) is 4.99 Å². The van der Waals surface area contributed by atoms with Gasteiger partial charge in [0.05, 0.1) is 6.61 Å². The molecule has 0 saturated heterocycles. The van der Waals surface area contributed by atoms with Crippen molar-refractivity contribution in [2.75, 3.05) is 32.7 Å². The molecule has 1 aromatic rings. The van der Waals surface area contributed by atoms with E-state index in [1.165, 1.54) is 29.7 Å². The molecule has 0 fully saturated rings. The lowest BCUT2D eigenvalue weighted by atomic mass is 10.1. The van der Waals surface area contributed by atoms with Crippen molar-refractivity contribution in [3.8, 4) is 0 Å². The standard InChI is InChI=1S/C16H27N3OS/c1-17-16(18-10-4-5-11-21-3)19-12-14-6-8-15(9-7-14)13-20-2/h6-9H,4-5,10-13H2,1-3H3,(H2,17,18,19). The highest BCUT2D eigenvalue weighted by Crippen LogP contribution is 2.05. The topological polar surface area (TPSA) is 45.7 Å². The fourth-order valence-corrected chi connectivity index (χ4v) is 2.40. The predicted molar refractivity (Wildman–Crippen MR) is 93.0 cm³/mol. The molecule has 118 valence electrons. The van der Waals surface area contributed by atoms with Gasteiger partial charge in [0.25, 0.3) is 0 Å². The number of thioether (sulfide) groups is 1. The summed E-state index contributed by atoms with van der Waals surface area (Å²) in [7, 11) is 3.52. The summed E-state index contributed by atoms with van der Waals surface area (Å²) in [5.41, 5.74) is 2.43. The first kappa shape index (κ1) is 17.9. The number of guanidine groups is 1. The van der Waals surface area contributed by atoms with Crippen LogP contribution in [0.5, 0.6) is 0 Å². The molecule has 0 aliphatic carbocycles. The Morgan fingerprint density at radius 3 is 2.48 bits per heavy atom. The molecule has 0 heterocycles. The minimum absolute atomic E-state index is 0.660. The minimum atomic E-state index is 0.660. The van der Waals surface area contributed by atoms with E-state index in [0.717, 1.165) is 19.0 Å². The molecule has 1 aromatic carbocycles. The molecular formula is C16H27N3OS. The molecular weight excluding hydrogens is 282 g/mol. The Morgan fingerprint density at radius 2 is 1.86 bits per heavy atom. The molecule has 1 rings (SSSR count). The molecule has 4 nitrogen and oxygen atoms in total. The Bertz CT molecular complexity index is 406. The molecule has 0 amide bonds. The van der Waals surface area contributed by atoms with Crippen molar-refractivity contribution in [2.45, 2.75) is 26.0 Å². The second kappa shape index (κ2) is 11.5. The number of benzene rings is 1. The summed E-state index contributed by atoms with van der Waals surface area (Å²) in [6.45, 7) is 2.40. The zero-order valence-corrected chi connectivity index (χ0v) is 14.1. The van der Waals surface area contributed by atoms with E-state index in [0.29, 0.717) is 6.61 Å². The lowest BCUT2D eigenvalue weighted by molar-refractivity contribution is 0.185. The summed E-state index contributed by atoms with van der Waals surface area (Å²) in [6.07, 6.45) is 4.56. The zero-order valence-electron chi connectivity index (χ0n) is 13.3. The van der Waals surface area contributed by atoms with Crippen LogP contribution in [-0.4, -0.2) is 38.7 Å². The van der Waals surface area contributed by atoms with Crippen LogP contribution in [0.2, 0.25) is 0 Å². The molecule has 2 N–H and O–H groups in total. The average molecular weight is 309 g/mol. The third-order valence-corrected chi connectivity index (χ3v) is 3.78. The van der Waals surface area contributed by atoms with Gasteiger partial charge >= 0.3 is 0 Å². The molecule has 0 aliphatic rings. The Balaban J connectivity index is 2.27. The Hall–Kier alpha value is -1.20. The van der Waals surface area contributed by atoms with Crippen LogP contribution < -0.4 is 10.6 Å². The first-order valence-corrected chi connectivity index (χ1v) is 8.69. The van der Waals surface area contributed by atoms with Crippen LogP contribution in [0.15, 0.2) is 29.3 Å². The van der Waals surface area contributed by atoms with Crippen LogP contribution in [0.25, 0.3) is 0 Å². The van der Waals surface area contributed by atoms with Crippen LogP contribution in [0.1, 0.15) is 24.0 Å². The summed E-state index contributed by atoms with van der Waals surface area (Å²) in [6, 6.07) is 8.43. The van der Waals surface area contributed by atoms with Crippen molar-refractivity contribution in [1.82, 2.24) is 10.6 Å². The van der Waals surface area contributed by atoms with E-state index < -0.39 is 0 Å². The number of aliphatic imine (C=N–C) groups is 1. The molecule has 0 spiro atoms. The van der Waals surface area contributed by atoms with Gasteiger partial charge in [-0.2, -0.15) is 11.8 Å². The lowest BCUT2D eigenvalue weighted by Crippen LogP contribution is -2.37. The Labute approximate surface area is 132 Å². The lowest BCUT2D eigenvalue weighted by Gasteiger charge is -2.12. The summed E-state index contributed by atoms with van der Waals surface area (Å²) >= 11 is 1.90. The molecule has 0 radical (unpaired) electrons. The first-order valence-electron chi connectivity index (χ1n) is 7.30. The summed E-state index contributed by atoms with van der Waals surface area (Å²) in [4.78, 5) is 4.24. The van der Waals surface area contributed by atoms with Crippen LogP contribution in [-0.2, 0) is 17.9 Å². The van der Waals surface area contributed by atoms with E-state index in [1.54, 1.807) is 14.2 Å². The molecule has 0 aromatic heterocycles. The van der Waals surface area contributed by atoms with E-state index in [4.69, 9.17) is 4.74 Å². The number of hydrogen-bond donors (Lipinski definition) is 2. The van der Waals surface area contributed by atoms with Gasteiger partial charge in [0, 0.05) is 27.2 Å². The number of hydrogen-bond acceptors (Lipinski definition) is 3. The fraction of sp³-hybridized carbons (Fsp3) is 0.562. The molecule has 0 unspecified atom stereocenters. The van der Waals surface area contributed by atoms with Gasteiger partial charge in [-0.3, -0.25) is 4.99 Å². The highest BCUT2D eigenvalue weighted by Gasteiger charge is 1.99. The highest BCUT2D eigenvalue weighted by atomic mass is 32.2. The van der Waals surface area contributed by atoms with E-state index in [1.807, 2.05) is 11.8 Å². The third kappa shape index (κ3) is 7.97. The van der Waals surface area contributed by atoms with E-state index in [9.17, 15) is 0 Å². The predicted octanol–water partition coefficient (Wildman–Crippen LogP) is 2.64. The maximum Gasteiger partial charge on any atom is 0.191 e. The number of nitrogens with zero attached hydrogens (tertiary/aromatic N) is 1. The van der Waals surface area contributed by atoms with Crippen LogP contribution in [0.3, 0.4) is 0 Å². The fourth-order valence-electron chi connectivity index (χ4n) is 1.90. The largest absolute Gasteiger partial charge is 0.380 e. The third-order valence-electron chi connectivity index (χ3n) is 3.09. The normalized spacial score (nSPS) is 11.5. The van der Waals surface area contributed by atoms with Crippen LogP contribution in [0.4, 0.5) is 0 Å². The van der Waals surface area contributed by atoms with Gasteiger partial charge in [0.2, 0.25) is 0 Å². The van der Waals surface area contributed by atoms with Gasteiger partial charge < -0.3 is 15.4 Å².